The van der Waals surface area contributed by atoms with Crippen LogP contribution in [0.25, 0.3) is 0 Å². The molecule has 0 fully saturated rings. The van der Waals surface area contributed by atoms with Gasteiger partial charge in [-0.2, -0.15) is 12.6 Å². The Labute approximate surface area is 165 Å². The highest BCUT2D eigenvalue weighted by atomic mass is 32.1. The third kappa shape index (κ3) is 8.17. The van der Waals surface area contributed by atoms with Crippen LogP contribution in [0.2, 0.25) is 0 Å². The number of hydrogen-bond donors (Lipinski definition) is 6. The highest BCUT2D eigenvalue weighted by molar-refractivity contribution is 7.80. The molecule has 0 bridgehead atoms. The maximum atomic E-state index is 12.6. The molecule has 3 amide bonds. The Bertz CT molecular complexity index is 541. The fraction of sp³-hybridized carbons (Fsp3) is 0.765. The SMILES string of the molecule is CCC(C)C(NC(=O)C(CS)NC(=O)C(C)N)C(=O)NC(C(=O)O)C(C)C. The van der Waals surface area contributed by atoms with Gasteiger partial charge in [-0.1, -0.05) is 34.1 Å². The molecule has 0 aromatic heterocycles. The van der Waals surface area contributed by atoms with Crippen LogP contribution in [0.1, 0.15) is 41.0 Å². The van der Waals surface area contributed by atoms with Crippen molar-refractivity contribution >= 4 is 36.3 Å². The summed E-state index contributed by atoms with van der Waals surface area (Å²) in [6, 6.07) is -3.78. The van der Waals surface area contributed by atoms with Crippen LogP contribution in [0.15, 0.2) is 0 Å². The number of amides is 3. The van der Waals surface area contributed by atoms with E-state index in [2.05, 4.69) is 28.6 Å². The fourth-order valence-electron chi connectivity index (χ4n) is 2.21. The highest BCUT2D eigenvalue weighted by Crippen LogP contribution is 2.11. The summed E-state index contributed by atoms with van der Waals surface area (Å²) in [5, 5.41) is 16.8. The van der Waals surface area contributed by atoms with E-state index in [-0.39, 0.29) is 17.6 Å². The predicted molar refractivity (Wildman–Crippen MR) is 105 cm³/mol. The lowest BCUT2D eigenvalue weighted by molar-refractivity contribution is -0.144. The van der Waals surface area contributed by atoms with E-state index in [1.54, 1.807) is 20.8 Å². The molecular weight excluding hydrogens is 372 g/mol. The molecule has 0 saturated heterocycles. The van der Waals surface area contributed by atoms with Crippen molar-refractivity contribution < 1.29 is 24.3 Å². The van der Waals surface area contributed by atoms with E-state index in [1.807, 2.05) is 6.92 Å². The molecule has 156 valence electrons. The van der Waals surface area contributed by atoms with Gasteiger partial charge in [0, 0.05) is 5.75 Å². The number of carboxylic acid groups (broad SMARTS) is 1. The van der Waals surface area contributed by atoms with Gasteiger partial charge in [-0.25, -0.2) is 4.79 Å². The van der Waals surface area contributed by atoms with Gasteiger partial charge in [0.05, 0.1) is 6.04 Å². The van der Waals surface area contributed by atoms with Gasteiger partial charge in [0.1, 0.15) is 18.1 Å². The molecule has 6 N–H and O–H groups in total. The molecule has 0 saturated carbocycles. The van der Waals surface area contributed by atoms with Gasteiger partial charge in [-0.3, -0.25) is 14.4 Å². The third-order valence-electron chi connectivity index (χ3n) is 4.25. The van der Waals surface area contributed by atoms with E-state index < -0.39 is 47.9 Å². The molecule has 10 heteroatoms. The number of nitrogens with one attached hydrogen (secondary N) is 3. The maximum absolute atomic E-state index is 12.6. The lowest BCUT2D eigenvalue weighted by Crippen LogP contribution is -2.59. The molecule has 5 unspecified atom stereocenters. The molecule has 0 aliphatic heterocycles. The van der Waals surface area contributed by atoms with Crippen molar-refractivity contribution in [2.24, 2.45) is 17.6 Å². The van der Waals surface area contributed by atoms with Crippen LogP contribution in [0.3, 0.4) is 0 Å². The molecule has 0 aliphatic carbocycles. The van der Waals surface area contributed by atoms with Crippen molar-refractivity contribution in [3.05, 3.63) is 0 Å². The second-order valence-corrected chi connectivity index (χ2v) is 7.34. The fourth-order valence-corrected chi connectivity index (χ4v) is 2.47. The Morgan fingerprint density at radius 1 is 0.926 bits per heavy atom. The molecule has 0 spiro atoms. The third-order valence-corrected chi connectivity index (χ3v) is 4.62. The highest BCUT2D eigenvalue weighted by Gasteiger charge is 2.32. The molecule has 5 atom stereocenters. The Kier molecular flexibility index (Phi) is 11.0. The molecule has 9 nitrogen and oxygen atoms in total. The summed E-state index contributed by atoms with van der Waals surface area (Å²) in [5.41, 5.74) is 5.48. The summed E-state index contributed by atoms with van der Waals surface area (Å²) >= 11 is 4.06. The van der Waals surface area contributed by atoms with Crippen LogP contribution in [-0.2, 0) is 19.2 Å². The van der Waals surface area contributed by atoms with Crippen LogP contribution < -0.4 is 21.7 Å². The normalized spacial score (nSPS) is 16.6. The zero-order valence-corrected chi connectivity index (χ0v) is 17.4. The zero-order valence-electron chi connectivity index (χ0n) is 16.5. The van der Waals surface area contributed by atoms with Gasteiger partial charge in [-0.15, -0.1) is 0 Å². The minimum atomic E-state index is -1.15. The molecule has 0 aromatic carbocycles. The van der Waals surface area contributed by atoms with E-state index in [0.717, 1.165) is 0 Å². The van der Waals surface area contributed by atoms with Gasteiger partial charge in [-0.05, 0) is 18.8 Å². The lowest BCUT2D eigenvalue weighted by atomic mass is 9.96. The van der Waals surface area contributed by atoms with E-state index in [9.17, 15) is 24.3 Å². The first-order valence-corrected chi connectivity index (χ1v) is 9.59. The number of nitrogens with two attached hydrogens (primary N) is 1. The second-order valence-electron chi connectivity index (χ2n) is 6.97. The summed E-state index contributed by atoms with van der Waals surface area (Å²) in [4.78, 5) is 48.2. The number of carbonyl (C=O) groups is 4. The molecule has 0 rings (SSSR count). The van der Waals surface area contributed by atoms with E-state index in [0.29, 0.717) is 6.42 Å². The quantitative estimate of drug-likeness (QED) is 0.256. The maximum Gasteiger partial charge on any atom is 0.326 e. The molecule has 0 aliphatic rings. The predicted octanol–water partition coefficient (Wildman–Crippen LogP) is -0.495. The summed E-state index contributed by atoms with van der Waals surface area (Å²) in [6.45, 7) is 8.46. The lowest BCUT2D eigenvalue weighted by Gasteiger charge is -2.28. The number of thiol groups is 1. The van der Waals surface area contributed by atoms with Gasteiger partial charge >= 0.3 is 5.97 Å². The Hall–Kier alpha value is -1.81. The first kappa shape index (κ1) is 25.2. The average Bonchev–Trinajstić information content (AvgIpc) is 2.59. The average molecular weight is 405 g/mol. The smallest absolute Gasteiger partial charge is 0.326 e. The van der Waals surface area contributed by atoms with Crippen molar-refractivity contribution in [2.45, 2.75) is 65.2 Å². The van der Waals surface area contributed by atoms with Crippen LogP contribution >= 0.6 is 12.6 Å². The summed E-state index contributed by atoms with van der Waals surface area (Å²) < 4.78 is 0. The van der Waals surface area contributed by atoms with E-state index in [4.69, 9.17) is 5.73 Å². The number of hydrogen-bond acceptors (Lipinski definition) is 6. The standard InChI is InChI=1S/C17H32N4O5S/c1-6-9(4)13(16(24)20-12(8(2)3)17(25)26)21-15(23)11(7-27)19-14(22)10(5)18/h8-13,27H,6-7,18H2,1-5H3,(H,19,22)(H,20,24)(H,21,23)(H,25,26). The Balaban J connectivity index is 5.29. The molecule has 27 heavy (non-hydrogen) atoms. The van der Waals surface area contributed by atoms with Gasteiger partial charge in [0.25, 0.3) is 0 Å². The van der Waals surface area contributed by atoms with E-state index in [1.165, 1.54) is 6.92 Å². The van der Waals surface area contributed by atoms with Gasteiger partial charge in [0.15, 0.2) is 0 Å². The first-order chi connectivity index (χ1) is 12.5. The minimum absolute atomic E-state index is 0.0167. The van der Waals surface area contributed by atoms with Crippen molar-refractivity contribution in [1.82, 2.24) is 16.0 Å². The number of carbonyl (C=O) groups excluding carboxylic acids is 3. The van der Waals surface area contributed by atoms with Crippen molar-refractivity contribution in [3.8, 4) is 0 Å². The van der Waals surface area contributed by atoms with Gasteiger partial charge < -0.3 is 26.8 Å². The minimum Gasteiger partial charge on any atom is -0.480 e. The Morgan fingerprint density at radius 3 is 1.81 bits per heavy atom. The molecule has 0 aromatic rings. The van der Waals surface area contributed by atoms with Crippen LogP contribution in [0, 0.1) is 11.8 Å². The largest absolute Gasteiger partial charge is 0.480 e. The van der Waals surface area contributed by atoms with Crippen molar-refractivity contribution in [3.63, 3.8) is 0 Å². The molecule has 0 heterocycles. The van der Waals surface area contributed by atoms with Crippen molar-refractivity contribution in [1.29, 1.82) is 0 Å². The zero-order chi connectivity index (χ0) is 21.3. The van der Waals surface area contributed by atoms with E-state index >= 15 is 0 Å². The topological polar surface area (TPSA) is 151 Å². The molecule has 0 radical (unpaired) electrons. The Morgan fingerprint density at radius 2 is 1.44 bits per heavy atom. The monoisotopic (exact) mass is 404 g/mol. The first-order valence-electron chi connectivity index (χ1n) is 8.96. The van der Waals surface area contributed by atoms with Crippen LogP contribution in [-0.4, -0.2) is 58.7 Å². The number of rotatable bonds is 11. The summed E-state index contributed by atoms with van der Waals surface area (Å²) in [7, 11) is 0. The number of carboxylic acids is 1. The molecular formula is C17H32N4O5S. The van der Waals surface area contributed by atoms with Crippen LogP contribution in [0.4, 0.5) is 0 Å². The summed E-state index contributed by atoms with van der Waals surface area (Å²) in [5.74, 6) is -3.39. The second kappa shape index (κ2) is 11.8. The van der Waals surface area contributed by atoms with Crippen molar-refractivity contribution in [2.75, 3.05) is 5.75 Å². The van der Waals surface area contributed by atoms with Crippen LogP contribution in [0.5, 0.6) is 0 Å². The number of aliphatic carboxylic acids is 1. The summed E-state index contributed by atoms with van der Waals surface area (Å²) in [6.07, 6.45) is 0.579. The van der Waals surface area contributed by atoms with Gasteiger partial charge in [0.2, 0.25) is 17.7 Å².